The molecular weight excluding hydrogens is 242 g/mol. The van der Waals surface area contributed by atoms with Gasteiger partial charge in [0, 0.05) is 6.54 Å². The Balaban J connectivity index is 2.02. The van der Waals surface area contributed by atoms with E-state index in [2.05, 4.69) is 27.0 Å². The van der Waals surface area contributed by atoms with E-state index in [1.54, 1.807) is 0 Å². The molecule has 1 aromatic heterocycles. The van der Waals surface area contributed by atoms with Gasteiger partial charge in [0.2, 0.25) is 16.0 Å². The third kappa shape index (κ3) is 2.90. The van der Waals surface area contributed by atoms with Crippen LogP contribution in [0.25, 0.3) is 0 Å². The maximum Gasteiger partial charge on any atom is 0.243 e. The fourth-order valence-electron chi connectivity index (χ4n) is 1.51. The van der Waals surface area contributed by atoms with Gasteiger partial charge in [0.15, 0.2) is 0 Å². The van der Waals surface area contributed by atoms with Crippen molar-refractivity contribution in [3.63, 3.8) is 0 Å². The van der Waals surface area contributed by atoms with Crippen molar-refractivity contribution in [3.05, 3.63) is 12.4 Å². The molecule has 2 atom stereocenters. The zero-order valence-corrected chi connectivity index (χ0v) is 10.2. The Labute approximate surface area is 99.9 Å². The van der Waals surface area contributed by atoms with Gasteiger partial charge in [0.25, 0.3) is 0 Å². The Bertz CT molecular complexity index is 487. The second-order valence-electron chi connectivity index (χ2n) is 4.21. The van der Waals surface area contributed by atoms with Gasteiger partial charge >= 0.3 is 0 Å². The van der Waals surface area contributed by atoms with E-state index in [0.29, 0.717) is 18.4 Å². The van der Waals surface area contributed by atoms with Crippen LogP contribution in [0.1, 0.15) is 13.3 Å². The molecule has 1 aliphatic carbocycles. The van der Waals surface area contributed by atoms with Crippen LogP contribution in [0.4, 0.5) is 5.95 Å². The predicted molar refractivity (Wildman–Crippen MR) is 62.3 cm³/mol. The third-order valence-electron chi connectivity index (χ3n) is 2.88. The number of anilines is 1. The Morgan fingerprint density at radius 2 is 2.06 bits per heavy atom. The van der Waals surface area contributed by atoms with Gasteiger partial charge in [-0.15, -0.1) is 0 Å². The number of nitrogens with zero attached hydrogens (tertiary/aromatic N) is 2. The summed E-state index contributed by atoms with van der Waals surface area (Å²) >= 11 is 0. The minimum Gasteiger partial charge on any atom is -0.292 e. The van der Waals surface area contributed by atoms with E-state index >= 15 is 0 Å². The number of aromatic nitrogens is 2. The average Bonchev–Trinajstić information content (AvgIpc) is 3.03. The molecule has 1 heterocycles. The predicted octanol–water partition coefficient (Wildman–Crippen LogP) is -0.303. The van der Waals surface area contributed by atoms with Crippen LogP contribution in [0, 0.1) is 11.8 Å². The molecule has 0 bridgehead atoms. The molecule has 17 heavy (non-hydrogen) atoms. The lowest BCUT2D eigenvalue weighted by Crippen LogP contribution is -2.26. The first-order valence-electron chi connectivity index (χ1n) is 5.31. The molecule has 0 radical (unpaired) electrons. The Hall–Kier alpha value is -1.25. The first kappa shape index (κ1) is 12.2. The number of nitrogens with one attached hydrogen (secondary N) is 2. The van der Waals surface area contributed by atoms with Gasteiger partial charge in [0.05, 0.1) is 12.4 Å². The molecule has 7 nitrogen and oxygen atoms in total. The highest BCUT2D eigenvalue weighted by molar-refractivity contribution is 7.89. The second-order valence-corrected chi connectivity index (χ2v) is 5.98. The molecule has 1 saturated carbocycles. The number of hydrogen-bond acceptors (Lipinski definition) is 6. The summed E-state index contributed by atoms with van der Waals surface area (Å²) in [5.41, 5.74) is 2.23. The molecule has 2 rings (SSSR count). The van der Waals surface area contributed by atoms with Gasteiger partial charge in [-0.05, 0) is 18.3 Å². The minimum atomic E-state index is -3.51. The molecule has 1 aromatic rings. The fraction of sp³-hybridized carbons (Fsp3) is 0.556. The number of nitrogen functional groups attached to an aromatic ring is 1. The number of hydrazine groups is 1. The van der Waals surface area contributed by atoms with E-state index in [4.69, 9.17) is 5.84 Å². The summed E-state index contributed by atoms with van der Waals surface area (Å²) in [4.78, 5) is 7.56. The van der Waals surface area contributed by atoms with E-state index in [-0.39, 0.29) is 10.8 Å². The molecule has 1 aliphatic rings. The fourth-order valence-corrected chi connectivity index (χ4v) is 2.50. The summed E-state index contributed by atoms with van der Waals surface area (Å²) in [5, 5.41) is 0. The molecule has 94 valence electrons. The van der Waals surface area contributed by atoms with Crippen molar-refractivity contribution in [3.8, 4) is 0 Å². The van der Waals surface area contributed by atoms with Crippen molar-refractivity contribution < 1.29 is 8.42 Å². The summed E-state index contributed by atoms with van der Waals surface area (Å²) in [6.45, 7) is 2.57. The lowest BCUT2D eigenvalue weighted by molar-refractivity contribution is 0.573. The van der Waals surface area contributed by atoms with Crippen LogP contribution >= 0.6 is 0 Å². The van der Waals surface area contributed by atoms with Gasteiger partial charge in [0.1, 0.15) is 4.90 Å². The van der Waals surface area contributed by atoms with E-state index in [9.17, 15) is 8.42 Å². The lowest BCUT2D eigenvalue weighted by Gasteiger charge is -2.05. The topological polar surface area (TPSA) is 110 Å². The largest absolute Gasteiger partial charge is 0.292 e. The Morgan fingerprint density at radius 3 is 2.53 bits per heavy atom. The third-order valence-corrected chi connectivity index (χ3v) is 4.26. The highest BCUT2D eigenvalue weighted by atomic mass is 32.2. The smallest absolute Gasteiger partial charge is 0.243 e. The summed E-state index contributed by atoms with van der Waals surface area (Å²) < 4.78 is 26.2. The van der Waals surface area contributed by atoms with Crippen LogP contribution in [0.5, 0.6) is 0 Å². The Morgan fingerprint density at radius 1 is 1.47 bits per heavy atom. The van der Waals surface area contributed by atoms with E-state index in [1.165, 1.54) is 12.4 Å². The number of sulfonamides is 1. The van der Waals surface area contributed by atoms with Crippen molar-refractivity contribution in [2.75, 3.05) is 12.0 Å². The normalized spacial score (nSPS) is 23.4. The van der Waals surface area contributed by atoms with Crippen molar-refractivity contribution in [2.45, 2.75) is 18.2 Å². The SMILES string of the molecule is CC1CC1CNS(=O)(=O)c1cnc(NN)nc1. The Kier molecular flexibility index (Phi) is 3.27. The number of rotatable bonds is 5. The molecule has 0 spiro atoms. The molecule has 2 unspecified atom stereocenters. The van der Waals surface area contributed by atoms with Gasteiger partial charge in [-0.2, -0.15) is 0 Å². The zero-order chi connectivity index (χ0) is 12.5. The van der Waals surface area contributed by atoms with Gasteiger partial charge in [-0.1, -0.05) is 6.92 Å². The van der Waals surface area contributed by atoms with Crippen molar-refractivity contribution >= 4 is 16.0 Å². The van der Waals surface area contributed by atoms with Crippen molar-refractivity contribution in [2.24, 2.45) is 17.7 Å². The van der Waals surface area contributed by atoms with Crippen LogP contribution in [0.3, 0.4) is 0 Å². The minimum absolute atomic E-state index is 0.0461. The lowest BCUT2D eigenvalue weighted by atomic mass is 10.3. The standard InChI is InChI=1S/C9H15N5O2S/c1-6-2-7(6)3-13-17(15,16)8-4-11-9(14-10)12-5-8/h4-7,13H,2-3,10H2,1H3,(H,11,12,14). The van der Waals surface area contributed by atoms with Gasteiger partial charge in [-0.3, -0.25) is 5.43 Å². The summed E-state index contributed by atoms with van der Waals surface area (Å²) in [6.07, 6.45) is 3.52. The average molecular weight is 257 g/mol. The highest BCUT2D eigenvalue weighted by Crippen LogP contribution is 2.36. The molecule has 0 aromatic carbocycles. The van der Waals surface area contributed by atoms with E-state index in [0.717, 1.165) is 6.42 Å². The molecule has 4 N–H and O–H groups in total. The van der Waals surface area contributed by atoms with Crippen LogP contribution in [0.2, 0.25) is 0 Å². The molecule has 0 saturated heterocycles. The van der Waals surface area contributed by atoms with Gasteiger partial charge in [-0.25, -0.2) is 29.0 Å². The van der Waals surface area contributed by atoms with E-state index in [1.807, 2.05) is 0 Å². The van der Waals surface area contributed by atoms with Crippen LogP contribution in [-0.4, -0.2) is 24.9 Å². The van der Waals surface area contributed by atoms with E-state index < -0.39 is 10.0 Å². The molecule has 1 fully saturated rings. The summed E-state index contributed by atoms with van der Waals surface area (Å²) in [6, 6.07) is 0. The van der Waals surface area contributed by atoms with Crippen LogP contribution in [-0.2, 0) is 10.0 Å². The van der Waals surface area contributed by atoms with Crippen LogP contribution in [0.15, 0.2) is 17.3 Å². The van der Waals surface area contributed by atoms with Crippen molar-refractivity contribution in [1.82, 2.24) is 14.7 Å². The van der Waals surface area contributed by atoms with Crippen LogP contribution < -0.4 is 16.0 Å². The number of nitrogens with two attached hydrogens (primary N) is 1. The molecule has 0 aliphatic heterocycles. The van der Waals surface area contributed by atoms with Gasteiger partial charge < -0.3 is 0 Å². The maximum atomic E-state index is 11.8. The zero-order valence-electron chi connectivity index (χ0n) is 9.42. The quantitative estimate of drug-likeness (QED) is 0.493. The molecule has 8 heteroatoms. The molecular formula is C9H15N5O2S. The highest BCUT2D eigenvalue weighted by Gasteiger charge is 2.33. The summed E-state index contributed by atoms with van der Waals surface area (Å²) in [5.74, 6) is 6.33. The monoisotopic (exact) mass is 257 g/mol. The maximum absolute atomic E-state index is 11.8. The second kappa shape index (κ2) is 4.55. The number of hydrogen-bond donors (Lipinski definition) is 3. The first-order chi connectivity index (χ1) is 8.03. The first-order valence-corrected chi connectivity index (χ1v) is 6.79. The molecule has 0 amide bonds. The summed E-state index contributed by atoms with van der Waals surface area (Å²) in [7, 11) is -3.51. The van der Waals surface area contributed by atoms with Crippen molar-refractivity contribution in [1.29, 1.82) is 0 Å².